The lowest BCUT2D eigenvalue weighted by Crippen LogP contribution is -2.34. The van der Waals surface area contributed by atoms with Crippen LogP contribution in [0.5, 0.6) is 0 Å². The molecule has 1 amide bonds. The van der Waals surface area contributed by atoms with Crippen molar-refractivity contribution < 1.29 is 19.4 Å². The summed E-state index contributed by atoms with van der Waals surface area (Å²) >= 11 is 3.15. The standard InChI is InChI=1S/C11H13BrFNO3/c1-6(15)14-5-10(16)11(17)8-4-7(12)2-3-9(8)13/h2-4,10-11,16-17H,5H2,1H3,(H,14,15). The molecule has 0 aliphatic rings. The van der Waals surface area contributed by atoms with Crippen LogP contribution in [0, 0.1) is 5.82 Å². The normalized spacial score (nSPS) is 14.2. The number of rotatable bonds is 4. The van der Waals surface area contributed by atoms with Crippen LogP contribution in [0.3, 0.4) is 0 Å². The first kappa shape index (κ1) is 14.1. The number of carbonyl (C=O) groups excluding carboxylic acids is 1. The van der Waals surface area contributed by atoms with Crippen LogP contribution >= 0.6 is 15.9 Å². The number of halogens is 2. The number of aliphatic hydroxyl groups is 2. The van der Waals surface area contributed by atoms with E-state index in [1.54, 1.807) is 0 Å². The molecule has 0 fully saturated rings. The van der Waals surface area contributed by atoms with Crippen LogP contribution in [0.4, 0.5) is 4.39 Å². The molecule has 0 saturated heterocycles. The SMILES string of the molecule is CC(=O)NCC(O)C(O)c1cc(Br)ccc1F. The van der Waals surface area contributed by atoms with Crippen LogP contribution in [0.25, 0.3) is 0 Å². The molecule has 0 bridgehead atoms. The van der Waals surface area contributed by atoms with E-state index in [-0.39, 0.29) is 18.0 Å². The number of nitrogens with one attached hydrogen (secondary N) is 1. The van der Waals surface area contributed by atoms with E-state index in [4.69, 9.17) is 0 Å². The minimum Gasteiger partial charge on any atom is -0.388 e. The van der Waals surface area contributed by atoms with Gasteiger partial charge in [0.15, 0.2) is 0 Å². The number of hydrogen-bond acceptors (Lipinski definition) is 3. The van der Waals surface area contributed by atoms with Gasteiger partial charge in [-0.25, -0.2) is 4.39 Å². The van der Waals surface area contributed by atoms with Crippen LogP contribution in [0.15, 0.2) is 22.7 Å². The zero-order valence-electron chi connectivity index (χ0n) is 9.15. The fourth-order valence-corrected chi connectivity index (χ4v) is 1.69. The third kappa shape index (κ3) is 4.07. The lowest BCUT2D eigenvalue weighted by molar-refractivity contribution is -0.119. The van der Waals surface area contributed by atoms with Gasteiger partial charge in [-0.3, -0.25) is 4.79 Å². The predicted molar refractivity (Wildman–Crippen MR) is 63.8 cm³/mol. The van der Waals surface area contributed by atoms with E-state index in [1.165, 1.54) is 25.1 Å². The maximum Gasteiger partial charge on any atom is 0.216 e. The Balaban J connectivity index is 2.77. The average Bonchev–Trinajstić information content (AvgIpc) is 2.28. The van der Waals surface area contributed by atoms with Crippen molar-refractivity contribution >= 4 is 21.8 Å². The second kappa shape index (κ2) is 6.09. The first-order valence-electron chi connectivity index (χ1n) is 4.97. The Kier molecular flexibility index (Phi) is 5.04. The Bertz CT molecular complexity index is 414. The van der Waals surface area contributed by atoms with E-state index in [9.17, 15) is 19.4 Å². The maximum atomic E-state index is 13.4. The molecular formula is C11H13BrFNO3. The molecule has 94 valence electrons. The highest BCUT2D eigenvalue weighted by molar-refractivity contribution is 9.10. The van der Waals surface area contributed by atoms with Crippen molar-refractivity contribution in [3.05, 3.63) is 34.1 Å². The molecule has 1 aromatic rings. The highest BCUT2D eigenvalue weighted by atomic mass is 79.9. The lowest BCUT2D eigenvalue weighted by Gasteiger charge is -2.19. The molecule has 2 atom stereocenters. The molecule has 2 unspecified atom stereocenters. The molecule has 0 radical (unpaired) electrons. The Morgan fingerprint density at radius 2 is 2.18 bits per heavy atom. The van der Waals surface area contributed by atoms with Crippen molar-refractivity contribution in [3.8, 4) is 0 Å². The van der Waals surface area contributed by atoms with Gasteiger partial charge in [0.05, 0.1) is 0 Å². The number of hydrogen-bond donors (Lipinski definition) is 3. The van der Waals surface area contributed by atoms with Gasteiger partial charge < -0.3 is 15.5 Å². The largest absolute Gasteiger partial charge is 0.388 e. The Hall–Kier alpha value is -0.980. The first-order chi connectivity index (χ1) is 7.91. The highest BCUT2D eigenvalue weighted by Crippen LogP contribution is 2.23. The molecule has 1 rings (SSSR count). The van der Waals surface area contributed by atoms with Crippen molar-refractivity contribution in [2.24, 2.45) is 0 Å². The number of aliphatic hydroxyl groups excluding tert-OH is 2. The molecule has 6 heteroatoms. The number of benzene rings is 1. The average molecular weight is 306 g/mol. The van der Waals surface area contributed by atoms with Gasteiger partial charge in [0.1, 0.15) is 18.0 Å². The summed E-state index contributed by atoms with van der Waals surface area (Å²) in [7, 11) is 0. The van der Waals surface area contributed by atoms with Crippen molar-refractivity contribution in [1.82, 2.24) is 5.32 Å². The van der Waals surface area contributed by atoms with Gasteiger partial charge >= 0.3 is 0 Å². The highest BCUT2D eigenvalue weighted by Gasteiger charge is 2.21. The summed E-state index contributed by atoms with van der Waals surface area (Å²) in [4.78, 5) is 10.6. The van der Waals surface area contributed by atoms with E-state index in [0.717, 1.165) is 0 Å². The molecule has 1 aromatic carbocycles. The van der Waals surface area contributed by atoms with Crippen LogP contribution in [-0.2, 0) is 4.79 Å². The summed E-state index contributed by atoms with van der Waals surface area (Å²) < 4.78 is 14.0. The second-order valence-electron chi connectivity index (χ2n) is 3.62. The summed E-state index contributed by atoms with van der Waals surface area (Å²) in [5.74, 6) is -0.937. The molecular weight excluding hydrogens is 293 g/mol. The Morgan fingerprint density at radius 3 is 2.76 bits per heavy atom. The minimum atomic E-state index is -1.39. The molecule has 0 aliphatic heterocycles. The molecule has 17 heavy (non-hydrogen) atoms. The van der Waals surface area contributed by atoms with Crippen LogP contribution in [-0.4, -0.2) is 28.8 Å². The maximum absolute atomic E-state index is 13.4. The molecule has 0 heterocycles. The van der Waals surface area contributed by atoms with Crippen molar-refractivity contribution in [2.75, 3.05) is 6.54 Å². The molecule has 0 spiro atoms. The molecule has 0 aliphatic carbocycles. The van der Waals surface area contributed by atoms with Gasteiger partial charge in [-0.2, -0.15) is 0 Å². The summed E-state index contributed by atoms with van der Waals surface area (Å²) in [6, 6.07) is 4.07. The number of amides is 1. The van der Waals surface area contributed by atoms with Gasteiger partial charge in [-0.15, -0.1) is 0 Å². The van der Waals surface area contributed by atoms with Crippen LogP contribution in [0.2, 0.25) is 0 Å². The van der Waals surface area contributed by atoms with Gasteiger partial charge in [-0.1, -0.05) is 15.9 Å². The van der Waals surface area contributed by atoms with Gasteiger partial charge in [-0.05, 0) is 18.2 Å². The Labute approximate surface area is 107 Å². The quantitative estimate of drug-likeness (QED) is 0.781. The summed E-state index contributed by atoms with van der Waals surface area (Å²) in [5, 5.41) is 21.7. The van der Waals surface area contributed by atoms with E-state index in [0.29, 0.717) is 4.47 Å². The minimum absolute atomic E-state index is 0.0165. The predicted octanol–water partition coefficient (Wildman–Crippen LogP) is 1.12. The van der Waals surface area contributed by atoms with Crippen molar-refractivity contribution in [1.29, 1.82) is 0 Å². The van der Waals surface area contributed by atoms with Crippen LogP contribution in [0.1, 0.15) is 18.6 Å². The number of carbonyl (C=O) groups is 1. The second-order valence-corrected chi connectivity index (χ2v) is 4.53. The third-order valence-electron chi connectivity index (χ3n) is 2.20. The van der Waals surface area contributed by atoms with Crippen LogP contribution < -0.4 is 5.32 Å². The van der Waals surface area contributed by atoms with E-state index < -0.39 is 18.0 Å². The Morgan fingerprint density at radius 1 is 1.53 bits per heavy atom. The molecule has 0 aromatic heterocycles. The summed E-state index contributed by atoms with van der Waals surface area (Å²) in [5.41, 5.74) is -0.0165. The summed E-state index contributed by atoms with van der Waals surface area (Å²) in [6.45, 7) is 1.15. The topological polar surface area (TPSA) is 69.6 Å². The third-order valence-corrected chi connectivity index (χ3v) is 2.69. The smallest absolute Gasteiger partial charge is 0.216 e. The zero-order chi connectivity index (χ0) is 13.0. The van der Waals surface area contributed by atoms with Crippen molar-refractivity contribution in [2.45, 2.75) is 19.1 Å². The zero-order valence-corrected chi connectivity index (χ0v) is 10.7. The summed E-state index contributed by atoms with van der Waals surface area (Å²) in [6.07, 6.45) is -2.65. The fourth-order valence-electron chi connectivity index (χ4n) is 1.31. The lowest BCUT2D eigenvalue weighted by atomic mass is 10.0. The first-order valence-corrected chi connectivity index (χ1v) is 5.76. The monoisotopic (exact) mass is 305 g/mol. The van der Waals surface area contributed by atoms with E-state index in [1.807, 2.05) is 0 Å². The van der Waals surface area contributed by atoms with Crippen molar-refractivity contribution in [3.63, 3.8) is 0 Å². The molecule has 4 nitrogen and oxygen atoms in total. The van der Waals surface area contributed by atoms with E-state index in [2.05, 4.69) is 21.2 Å². The van der Waals surface area contributed by atoms with Gasteiger partial charge in [0.25, 0.3) is 0 Å². The van der Waals surface area contributed by atoms with Gasteiger partial charge in [0, 0.05) is 23.5 Å². The molecule has 0 saturated carbocycles. The van der Waals surface area contributed by atoms with E-state index >= 15 is 0 Å². The van der Waals surface area contributed by atoms with Gasteiger partial charge in [0.2, 0.25) is 5.91 Å². The fraction of sp³-hybridized carbons (Fsp3) is 0.364. The molecule has 3 N–H and O–H groups in total.